The van der Waals surface area contributed by atoms with Crippen molar-refractivity contribution in [2.45, 2.75) is 13.5 Å². The predicted octanol–water partition coefficient (Wildman–Crippen LogP) is 1.80. The van der Waals surface area contributed by atoms with E-state index >= 15 is 0 Å². The molecule has 0 atom stereocenters. The average molecular weight is 267 g/mol. The molecule has 0 saturated heterocycles. The molecular formula is C10H11BrN4. The molecule has 0 fully saturated rings. The Hall–Kier alpha value is -1.20. The van der Waals surface area contributed by atoms with Crippen molar-refractivity contribution in [2.24, 2.45) is 5.73 Å². The Morgan fingerprint density at radius 2 is 2.27 bits per heavy atom. The molecule has 0 spiro atoms. The van der Waals surface area contributed by atoms with Crippen molar-refractivity contribution >= 4 is 15.9 Å². The van der Waals surface area contributed by atoms with Gasteiger partial charge in [0.2, 0.25) is 0 Å². The molecule has 0 aliphatic heterocycles. The molecule has 0 bridgehead atoms. The van der Waals surface area contributed by atoms with E-state index in [1.54, 1.807) is 11.0 Å². The topological polar surface area (TPSA) is 56.7 Å². The van der Waals surface area contributed by atoms with E-state index in [9.17, 15) is 0 Å². The first-order chi connectivity index (χ1) is 7.20. The van der Waals surface area contributed by atoms with Gasteiger partial charge in [-0.15, -0.1) is 0 Å². The fourth-order valence-corrected chi connectivity index (χ4v) is 1.82. The molecule has 0 amide bonds. The van der Waals surface area contributed by atoms with E-state index in [0.717, 1.165) is 21.4 Å². The van der Waals surface area contributed by atoms with Crippen molar-refractivity contribution in [1.29, 1.82) is 0 Å². The van der Waals surface area contributed by atoms with Crippen LogP contribution in [0.5, 0.6) is 0 Å². The molecular weight excluding hydrogens is 256 g/mol. The fourth-order valence-electron chi connectivity index (χ4n) is 1.35. The summed E-state index contributed by atoms with van der Waals surface area (Å²) in [5.74, 6) is 0. The molecule has 0 aliphatic carbocycles. The summed E-state index contributed by atoms with van der Waals surface area (Å²) in [6.07, 6.45) is 1.68. The summed E-state index contributed by atoms with van der Waals surface area (Å²) >= 11 is 3.42. The molecule has 2 aromatic rings. The number of aromatic nitrogens is 3. The van der Waals surface area contributed by atoms with Crippen LogP contribution in [0.25, 0.3) is 5.69 Å². The maximum Gasteiger partial charge on any atom is 0.0967 e. The van der Waals surface area contributed by atoms with E-state index in [1.807, 2.05) is 25.1 Å². The first-order valence-corrected chi connectivity index (χ1v) is 5.38. The van der Waals surface area contributed by atoms with Gasteiger partial charge in [0.15, 0.2) is 0 Å². The molecule has 1 aromatic carbocycles. The summed E-state index contributed by atoms with van der Waals surface area (Å²) in [7, 11) is 0. The van der Waals surface area contributed by atoms with Gasteiger partial charge in [-0.3, -0.25) is 0 Å². The molecule has 5 heteroatoms. The maximum absolute atomic E-state index is 5.48. The van der Waals surface area contributed by atoms with Crippen LogP contribution in [-0.4, -0.2) is 15.0 Å². The van der Waals surface area contributed by atoms with Crippen LogP contribution in [0.1, 0.15) is 11.3 Å². The fraction of sp³-hybridized carbons (Fsp3) is 0.200. The van der Waals surface area contributed by atoms with Crippen LogP contribution in [0.3, 0.4) is 0 Å². The lowest BCUT2D eigenvalue weighted by Crippen LogP contribution is -2.03. The van der Waals surface area contributed by atoms with Crippen molar-refractivity contribution in [3.05, 3.63) is 40.1 Å². The van der Waals surface area contributed by atoms with Gasteiger partial charge in [0.1, 0.15) is 0 Å². The van der Waals surface area contributed by atoms with Gasteiger partial charge < -0.3 is 5.73 Å². The number of hydrogen-bond donors (Lipinski definition) is 1. The van der Waals surface area contributed by atoms with Crippen LogP contribution >= 0.6 is 15.9 Å². The molecule has 78 valence electrons. The highest BCUT2D eigenvalue weighted by atomic mass is 79.9. The summed E-state index contributed by atoms with van der Waals surface area (Å²) in [5, 5.41) is 8.41. The summed E-state index contributed by atoms with van der Waals surface area (Å²) < 4.78 is 1.05. The third kappa shape index (κ3) is 2.08. The molecule has 0 saturated carbocycles. The predicted molar refractivity (Wildman–Crippen MR) is 61.7 cm³/mol. The number of rotatable bonds is 2. The molecule has 2 N–H and O–H groups in total. The van der Waals surface area contributed by atoms with Gasteiger partial charge in [0, 0.05) is 11.0 Å². The normalized spacial score (nSPS) is 10.6. The van der Waals surface area contributed by atoms with Crippen LogP contribution in [0, 0.1) is 6.92 Å². The van der Waals surface area contributed by atoms with Gasteiger partial charge in [0.05, 0.1) is 17.6 Å². The third-order valence-corrected chi connectivity index (χ3v) is 2.62. The zero-order valence-electron chi connectivity index (χ0n) is 8.31. The Bertz CT molecular complexity index is 478. The quantitative estimate of drug-likeness (QED) is 0.902. The van der Waals surface area contributed by atoms with E-state index in [-0.39, 0.29) is 0 Å². The summed E-state index contributed by atoms with van der Waals surface area (Å²) in [5.41, 5.74) is 8.35. The number of benzene rings is 1. The second-order valence-electron chi connectivity index (χ2n) is 3.26. The average Bonchev–Trinajstić information content (AvgIpc) is 2.66. The van der Waals surface area contributed by atoms with Gasteiger partial charge in [-0.05, 0) is 30.7 Å². The largest absolute Gasteiger partial charge is 0.325 e. The van der Waals surface area contributed by atoms with E-state index in [4.69, 9.17) is 5.73 Å². The Kier molecular flexibility index (Phi) is 2.83. The highest BCUT2D eigenvalue weighted by Gasteiger charge is 2.04. The van der Waals surface area contributed by atoms with E-state index < -0.39 is 0 Å². The second-order valence-corrected chi connectivity index (χ2v) is 4.18. The van der Waals surface area contributed by atoms with Crippen LogP contribution in [0.15, 0.2) is 28.9 Å². The van der Waals surface area contributed by atoms with Crippen molar-refractivity contribution in [3.8, 4) is 5.69 Å². The lowest BCUT2D eigenvalue weighted by Gasteiger charge is -2.04. The molecule has 0 radical (unpaired) electrons. The van der Waals surface area contributed by atoms with Crippen LogP contribution in [-0.2, 0) is 6.54 Å². The standard InChI is InChI=1S/C10H11BrN4/c1-7-4-8(11)2-3-10(7)15-13-6-9(5-12)14-15/h2-4,6H,5,12H2,1H3. The lowest BCUT2D eigenvalue weighted by atomic mass is 10.2. The van der Waals surface area contributed by atoms with Crippen LogP contribution < -0.4 is 5.73 Å². The van der Waals surface area contributed by atoms with Crippen molar-refractivity contribution in [2.75, 3.05) is 0 Å². The van der Waals surface area contributed by atoms with E-state index in [1.165, 1.54) is 0 Å². The SMILES string of the molecule is Cc1cc(Br)ccc1-n1ncc(CN)n1. The second kappa shape index (κ2) is 4.12. The summed E-state index contributed by atoms with van der Waals surface area (Å²) in [6.45, 7) is 2.43. The van der Waals surface area contributed by atoms with Crippen molar-refractivity contribution in [3.63, 3.8) is 0 Å². The highest BCUT2D eigenvalue weighted by Crippen LogP contribution is 2.18. The first kappa shape index (κ1) is 10.3. The van der Waals surface area contributed by atoms with Gasteiger partial charge in [-0.25, -0.2) is 0 Å². The Morgan fingerprint density at radius 3 is 2.87 bits per heavy atom. The molecule has 1 heterocycles. The molecule has 2 rings (SSSR count). The summed E-state index contributed by atoms with van der Waals surface area (Å²) in [4.78, 5) is 1.60. The minimum absolute atomic E-state index is 0.412. The maximum atomic E-state index is 5.48. The third-order valence-electron chi connectivity index (χ3n) is 2.12. The van der Waals surface area contributed by atoms with Crippen LogP contribution in [0.4, 0.5) is 0 Å². The number of halogens is 1. The number of hydrogen-bond acceptors (Lipinski definition) is 3. The minimum Gasteiger partial charge on any atom is -0.325 e. The number of nitrogens with zero attached hydrogens (tertiary/aromatic N) is 3. The van der Waals surface area contributed by atoms with Crippen LogP contribution in [0.2, 0.25) is 0 Å². The summed E-state index contributed by atoms with van der Waals surface area (Å²) in [6, 6.07) is 5.97. The van der Waals surface area contributed by atoms with Gasteiger partial charge in [0.25, 0.3) is 0 Å². The number of aryl methyl sites for hydroxylation is 1. The molecule has 4 nitrogen and oxygen atoms in total. The minimum atomic E-state index is 0.412. The monoisotopic (exact) mass is 266 g/mol. The van der Waals surface area contributed by atoms with E-state index in [2.05, 4.69) is 26.1 Å². The smallest absolute Gasteiger partial charge is 0.0967 e. The zero-order chi connectivity index (χ0) is 10.8. The van der Waals surface area contributed by atoms with E-state index in [0.29, 0.717) is 6.54 Å². The number of nitrogens with two attached hydrogens (primary N) is 1. The van der Waals surface area contributed by atoms with Gasteiger partial charge >= 0.3 is 0 Å². The lowest BCUT2D eigenvalue weighted by molar-refractivity contribution is 0.733. The zero-order valence-corrected chi connectivity index (χ0v) is 9.90. The Labute approximate surface area is 96.2 Å². The Balaban J connectivity index is 2.44. The molecule has 0 aliphatic rings. The molecule has 15 heavy (non-hydrogen) atoms. The highest BCUT2D eigenvalue weighted by molar-refractivity contribution is 9.10. The van der Waals surface area contributed by atoms with Crippen molar-refractivity contribution < 1.29 is 0 Å². The Morgan fingerprint density at radius 1 is 1.47 bits per heavy atom. The van der Waals surface area contributed by atoms with Crippen molar-refractivity contribution in [1.82, 2.24) is 15.0 Å². The molecule has 1 aromatic heterocycles. The first-order valence-electron chi connectivity index (χ1n) is 4.58. The van der Waals surface area contributed by atoms with Gasteiger partial charge in [-0.2, -0.15) is 15.0 Å². The molecule has 0 unspecified atom stereocenters. The van der Waals surface area contributed by atoms with Gasteiger partial charge in [-0.1, -0.05) is 15.9 Å².